The molecule has 1 saturated carbocycles. The summed E-state index contributed by atoms with van der Waals surface area (Å²) < 4.78 is 0. The molecule has 17 heavy (non-hydrogen) atoms. The van der Waals surface area contributed by atoms with E-state index in [1.165, 1.54) is 32.1 Å². The number of rotatable bonds is 5. The fourth-order valence-electron chi connectivity index (χ4n) is 3.12. The van der Waals surface area contributed by atoms with E-state index in [0.717, 1.165) is 44.8 Å². The minimum Gasteiger partial charge on any atom is -0.356 e. The Morgan fingerprint density at radius 2 is 2.00 bits per heavy atom. The minimum absolute atomic E-state index is 0.218. The first-order chi connectivity index (χ1) is 8.36. The second-order valence-electron chi connectivity index (χ2n) is 5.63. The molecule has 98 valence electrons. The molecule has 0 spiro atoms. The predicted molar refractivity (Wildman–Crippen MR) is 69.8 cm³/mol. The van der Waals surface area contributed by atoms with Gasteiger partial charge in [-0.2, -0.15) is 0 Å². The fourth-order valence-corrected chi connectivity index (χ4v) is 3.12. The van der Waals surface area contributed by atoms with Gasteiger partial charge in [0.2, 0.25) is 5.91 Å². The minimum atomic E-state index is 0.218. The van der Waals surface area contributed by atoms with E-state index in [9.17, 15) is 4.79 Å². The van der Waals surface area contributed by atoms with E-state index < -0.39 is 0 Å². The monoisotopic (exact) mass is 238 g/mol. The van der Waals surface area contributed by atoms with Gasteiger partial charge in [0.1, 0.15) is 0 Å². The van der Waals surface area contributed by atoms with Crippen molar-refractivity contribution in [3.8, 4) is 0 Å². The van der Waals surface area contributed by atoms with E-state index >= 15 is 0 Å². The maximum atomic E-state index is 11.8. The van der Waals surface area contributed by atoms with Crippen LogP contribution in [0.3, 0.4) is 0 Å². The molecule has 1 amide bonds. The topological polar surface area (TPSA) is 41.1 Å². The number of hydrogen-bond donors (Lipinski definition) is 2. The number of carbonyl (C=O) groups excluding carboxylic acids is 1. The molecule has 3 nitrogen and oxygen atoms in total. The second-order valence-corrected chi connectivity index (χ2v) is 5.63. The molecule has 0 aromatic heterocycles. The summed E-state index contributed by atoms with van der Waals surface area (Å²) in [6.45, 7) is 2.83. The molecule has 1 aliphatic carbocycles. The van der Waals surface area contributed by atoms with Gasteiger partial charge in [0.15, 0.2) is 0 Å². The third kappa shape index (κ3) is 4.30. The van der Waals surface area contributed by atoms with E-state index in [1.807, 2.05) is 0 Å². The van der Waals surface area contributed by atoms with Crippen molar-refractivity contribution in [1.82, 2.24) is 10.6 Å². The first kappa shape index (κ1) is 12.9. The molecule has 2 aliphatic rings. The quantitative estimate of drug-likeness (QED) is 0.720. The zero-order chi connectivity index (χ0) is 11.9. The van der Waals surface area contributed by atoms with Crippen LogP contribution in [0.2, 0.25) is 0 Å². The summed E-state index contributed by atoms with van der Waals surface area (Å²) in [5.41, 5.74) is 0. The molecule has 2 N–H and O–H groups in total. The Balaban J connectivity index is 1.53. The van der Waals surface area contributed by atoms with E-state index in [2.05, 4.69) is 10.6 Å². The van der Waals surface area contributed by atoms with E-state index in [4.69, 9.17) is 0 Å². The lowest BCUT2D eigenvalue weighted by Gasteiger charge is -2.22. The van der Waals surface area contributed by atoms with Gasteiger partial charge in [-0.1, -0.05) is 25.7 Å². The average Bonchev–Trinajstić information content (AvgIpc) is 2.88. The van der Waals surface area contributed by atoms with E-state index in [1.54, 1.807) is 0 Å². The number of hydrogen-bond acceptors (Lipinski definition) is 2. The van der Waals surface area contributed by atoms with Gasteiger partial charge in [-0.3, -0.25) is 4.79 Å². The molecule has 1 unspecified atom stereocenters. The van der Waals surface area contributed by atoms with Crippen LogP contribution in [0.25, 0.3) is 0 Å². The first-order valence-corrected chi connectivity index (χ1v) is 7.34. The Morgan fingerprint density at radius 3 is 2.71 bits per heavy atom. The van der Waals surface area contributed by atoms with Crippen molar-refractivity contribution < 1.29 is 4.79 Å². The van der Waals surface area contributed by atoms with Crippen LogP contribution in [0.1, 0.15) is 51.4 Å². The van der Waals surface area contributed by atoms with Crippen LogP contribution >= 0.6 is 0 Å². The summed E-state index contributed by atoms with van der Waals surface area (Å²) in [7, 11) is 0. The number of piperidine rings is 1. The molecule has 0 aromatic carbocycles. The van der Waals surface area contributed by atoms with Crippen molar-refractivity contribution in [3.63, 3.8) is 0 Å². The Hall–Kier alpha value is -0.570. The molecule has 0 aromatic rings. The van der Waals surface area contributed by atoms with Gasteiger partial charge >= 0.3 is 0 Å². The lowest BCUT2D eigenvalue weighted by molar-refractivity contribution is -0.125. The lowest BCUT2D eigenvalue weighted by Crippen LogP contribution is -2.40. The standard InChI is InChI=1S/C14H26N2O/c17-14(13-8-4-9-15-11-13)16-10-3-7-12-5-1-2-6-12/h12-13,15H,1-11H2,(H,16,17). The Kier molecular flexibility index (Phi) is 5.30. The Labute approximate surface area is 105 Å². The predicted octanol–water partition coefficient (Wildman–Crippen LogP) is 2.07. The summed E-state index contributed by atoms with van der Waals surface area (Å²) in [6, 6.07) is 0. The van der Waals surface area contributed by atoms with E-state index in [-0.39, 0.29) is 11.8 Å². The van der Waals surface area contributed by atoms with Crippen LogP contribution in [0.15, 0.2) is 0 Å². The van der Waals surface area contributed by atoms with Crippen molar-refractivity contribution in [2.24, 2.45) is 11.8 Å². The van der Waals surface area contributed by atoms with Crippen molar-refractivity contribution >= 4 is 5.91 Å². The molecule has 1 heterocycles. The maximum absolute atomic E-state index is 11.8. The van der Waals surface area contributed by atoms with Gasteiger partial charge in [-0.05, 0) is 38.1 Å². The fraction of sp³-hybridized carbons (Fsp3) is 0.929. The van der Waals surface area contributed by atoms with Crippen LogP contribution in [0, 0.1) is 11.8 Å². The van der Waals surface area contributed by atoms with Gasteiger partial charge in [0, 0.05) is 13.1 Å². The Morgan fingerprint density at radius 1 is 1.18 bits per heavy atom. The van der Waals surface area contributed by atoms with Crippen LogP contribution in [0.5, 0.6) is 0 Å². The molecular formula is C14H26N2O. The zero-order valence-corrected chi connectivity index (χ0v) is 10.8. The molecule has 0 radical (unpaired) electrons. The lowest BCUT2D eigenvalue weighted by atomic mass is 9.98. The summed E-state index contributed by atoms with van der Waals surface area (Å²) in [6.07, 6.45) is 10.3. The molecule has 1 aliphatic heterocycles. The van der Waals surface area contributed by atoms with E-state index in [0.29, 0.717) is 0 Å². The highest BCUT2D eigenvalue weighted by atomic mass is 16.1. The molecule has 1 atom stereocenters. The molecule has 0 bridgehead atoms. The average molecular weight is 238 g/mol. The van der Waals surface area contributed by atoms with Gasteiger partial charge < -0.3 is 10.6 Å². The van der Waals surface area contributed by atoms with Gasteiger partial charge in [-0.15, -0.1) is 0 Å². The molecule has 1 saturated heterocycles. The van der Waals surface area contributed by atoms with Crippen molar-refractivity contribution in [1.29, 1.82) is 0 Å². The van der Waals surface area contributed by atoms with Crippen molar-refractivity contribution in [3.05, 3.63) is 0 Å². The van der Waals surface area contributed by atoms with Crippen LogP contribution in [-0.4, -0.2) is 25.5 Å². The van der Waals surface area contributed by atoms with Gasteiger partial charge in [0.25, 0.3) is 0 Å². The third-order valence-corrected chi connectivity index (χ3v) is 4.23. The third-order valence-electron chi connectivity index (χ3n) is 4.23. The molecule has 3 heteroatoms. The summed E-state index contributed by atoms with van der Waals surface area (Å²) in [5.74, 6) is 1.43. The smallest absolute Gasteiger partial charge is 0.224 e. The summed E-state index contributed by atoms with van der Waals surface area (Å²) >= 11 is 0. The van der Waals surface area contributed by atoms with Crippen LogP contribution in [-0.2, 0) is 4.79 Å². The highest BCUT2D eigenvalue weighted by Gasteiger charge is 2.20. The number of carbonyl (C=O) groups is 1. The van der Waals surface area contributed by atoms with Gasteiger partial charge in [0.05, 0.1) is 5.92 Å². The number of amides is 1. The second kappa shape index (κ2) is 7.00. The highest BCUT2D eigenvalue weighted by Crippen LogP contribution is 2.28. The SMILES string of the molecule is O=C(NCCCC1CCCC1)C1CCCNC1. The van der Waals surface area contributed by atoms with Gasteiger partial charge in [-0.25, -0.2) is 0 Å². The Bertz CT molecular complexity index is 230. The zero-order valence-electron chi connectivity index (χ0n) is 10.8. The molecule has 2 rings (SSSR count). The molecular weight excluding hydrogens is 212 g/mol. The normalized spacial score (nSPS) is 26.0. The van der Waals surface area contributed by atoms with Crippen molar-refractivity contribution in [2.45, 2.75) is 51.4 Å². The van der Waals surface area contributed by atoms with Crippen LogP contribution < -0.4 is 10.6 Å². The summed E-state index contributed by atoms with van der Waals surface area (Å²) in [4.78, 5) is 11.8. The number of nitrogens with one attached hydrogen (secondary N) is 2. The van der Waals surface area contributed by atoms with Crippen LogP contribution in [0.4, 0.5) is 0 Å². The largest absolute Gasteiger partial charge is 0.356 e. The van der Waals surface area contributed by atoms with Crippen molar-refractivity contribution in [2.75, 3.05) is 19.6 Å². The molecule has 2 fully saturated rings. The highest BCUT2D eigenvalue weighted by molar-refractivity contribution is 5.78. The summed E-state index contributed by atoms with van der Waals surface area (Å²) in [5, 5.41) is 6.39. The first-order valence-electron chi connectivity index (χ1n) is 7.34. The maximum Gasteiger partial charge on any atom is 0.224 e.